The largest absolute Gasteiger partial charge is 0.493 e. The number of nitrogens with two attached hydrogens (primary N) is 1. The molecule has 94 valence electrons. The number of rotatable bonds is 4. The van der Waals surface area contributed by atoms with Crippen LogP contribution in [0.1, 0.15) is 32.3 Å². The lowest BCUT2D eigenvalue weighted by molar-refractivity contribution is 0.331. The fourth-order valence-corrected chi connectivity index (χ4v) is 2.65. The van der Waals surface area contributed by atoms with Gasteiger partial charge in [-0.15, -0.1) is 0 Å². The van der Waals surface area contributed by atoms with Crippen LogP contribution in [0.25, 0.3) is 0 Å². The van der Waals surface area contributed by atoms with Gasteiger partial charge in [0.05, 0.1) is 14.2 Å². The molecule has 1 fully saturated rings. The molecule has 1 aromatic carbocycles. The van der Waals surface area contributed by atoms with E-state index in [9.17, 15) is 0 Å². The van der Waals surface area contributed by atoms with Crippen LogP contribution in [0.15, 0.2) is 18.2 Å². The van der Waals surface area contributed by atoms with Gasteiger partial charge in [0.2, 0.25) is 0 Å². The number of para-hydroxylation sites is 1. The summed E-state index contributed by atoms with van der Waals surface area (Å²) in [6, 6.07) is 6.02. The highest BCUT2D eigenvalue weighted by atomic mass is 16.5. The van der Waals surface area contributed by atoms with Crippen molar-refractivity contribution in [3.8, 4) is 11.5 Å². The minimum Gasteiger partial charge on any atom is -0.493 e. The van der Waals surface area contributed by atoms with Gasteiger partial charge in [0.25, 0.3) is 0 Å². The van der Waals surface area contributed by atoms with E-state index >= 15 is 0 Å². The molecule has 0 spiro atoms. The summed E-state index contributed by atoms with van der Waals surface area (Å²) in [6.45, 7) is 4.16. The van der Waals surface area contributed by atoms with Gasteiger partial charge in [-0.25, -0.2) is 0 Å². The van der Waals surface area contributed by atoms with Gasteiger partial charge in [0, 0.05) is 16.5 Å². The van der Waals surface area contributed by atoms with Crippen molar-refractivity contribution in [2.75, 3.05) is 14.2 Å². The zero-order chi connectivity index (χ0) is 12.7. The SMILES string of the molecule is COc1cccc(C2(C(C)(C)N)CC2)c1OC. The predicted octanol–water partition coefficient (Wildman–Crippen LogP) is 2.47. The Morgan fingerprint density at radius 2 is 1.82 bits per heavy atom. The summed E-state index contributed by atoms with van der Waals surface area (Å²) in [5.41, 5.74) is 7.29. The van der Waals surface area contributed by atoms with E-state index in [2.05, 4.69) is 19.9 Å². The molecular formula is C14H21NO2. The maximum Gasteiger partial charge on any atom is 0.164 e. The van der Waals surface area contributed by atoms with Crippen molar-refractivity contribution >= 4 is 0 Å². The standard InChI is InChI=1S/C14H21NO2/c1-13(2,15)14(8-9-14)10-6-5-7-11(16-3)12(10)17-4/h5-7H,8-9,15H2,1-4H3. The number of benzene rings is 1. The molecule has 0 atom stereocenters. The van der Waals surface area contributed by atoms with E-state index in [0.29, 0.717) is 0 Å². The average molecular weight is 235 g/mol. The summed E-state index contributed by atoms with van der Waals surface area (Å²) in [4.78, 5) is 0. The summed E-state index contributed by atoms with van der Waals surface area (Å²) >= 11 is 0. The highest BCUT2D eigenvalue weighted by molar-refractivity contribution is 5.53. The first-order chi connectivity index (χ1) is 7.96. The normalized spacial score (nSPS) is 17.7. The fraction of sp³-hybridized carbons (Fsp3) is 0.571. The van der Waals surface area contributed by atoms with Gasteiger partial charge < -0.3 is 15.2 Å². The first-order valence-corrected chi connectivity index (χ1v) is 5.96. The molecule has 2 rings (SSSR count). The summed E-state index contributed by atoms with van der Waals surface area (Å²) in [5.74, 6) is 1.60. The molecule has 0 heterocycles. The zero-order valence-corrected chi connectivity index (χ0v) is 11.0. The van der Waals surface area contributed by atoms with Crippen LogP contribution < -0.4 is 15.2 Å². The highest BCUT2D eigenvalue weighted by Gasteiger charge is 2.55. The Hall–Kier alpha value is -1.22. The second-order valence-electron chi connectivity index (χ2n) is 5.34. The van der Waals surface area contributed by atoms with Gasteiger partial charge in [0.15, 0.2) is 11.5 Å². The molecule has 0 bridgehead atoms. The predicted molar refractivity (Wildman–Crippen MR) is 68.7 cm³/mol. The minimum absolute atomic E-state index is 0.0346. The van der Waals surface area contributed by atoms with Gasteiger partial charge in [-0.1, -0.05) is 12.1 Å². The molecule has 2 N–H and O–H groups in total. The molecular weight excluding hydrogens is 214 g/mol. The molecule has 0 radical (unpaired) electrons. The maximum absolute atomic E-state index is 6.33. The van der Waals surface area contributed by atoms with Crippen LogP contribution in [0, 0.1) is 0 Å². The van der Waals surface area contributed by atoms with E-state index in [0.717, 1.165) is 24.3 Å². The summed E-state index contributed by atoms with van der Waals surface area (Å²) < 4.78 is 10.9. The summed E-state index contributed by atoms with van der Waals surface area (Å²) in [7, 11) is 3.34. The van der Waals surface area contributed by atoms with E-state index in [1.165, 1.54) is 5.56 Å². The molecule has 1 saturated carbocycles. The Morgan fingerprint density at radius 1 is 1.18 bits per heavy atom. The van der Waals surface area contributed by atoms with Crippen LogP contribution >= 0.6 is 0 Å². The summed E-state index contributed by atoms with van der Waals surface area (Å²) in [5, 5.41) is 0. The third-order valence-electron chi connectivity index (χ3n) is 3.90. The molecule has 17 heavy (non-hydrogen) atoms. The van der Waals surface area contributed by atoms with Crippen LogP contribution in [0.5, 0.6) is 11.5 Å². The van der Waals surface area contributed by atoms with Crippen molar-refractivity contribution in [2.45, 2.75) is 37.6 Å². The van der Waals surface area contributed by atoms with Crippen molar-refractivity contribution in [3.63, 3.8) is 0 Å². The van der Waals surface area contributed by atoms with Gasteiger partial charge in [-0.3, -0.25) is 0 Å². The number of ether oxygens (including phenoxy) is 2. The molecule has 0 unspecified atom stereocenters. The Kier molecular flexibility index (Phi) is 2.82. The Labute approximate surface area is 103 Å². The van der Waals surface area contributed by atoms with Gasteiger partial charge >= 0.3 is 0 Å². The van der Waals surface area contributed by atoms with Crippen LogP contribution in [0.2, 0.25) is 0 Å². The molecule has 1 aliphatic rings. The van der Waals surface area contributed by atoms with Crippen LogP contribution in [-0.4, -0.2) is 19.8 Å². The molecule has 3 heteroatoms. The number of methoxy groups -OCH3 is 2. The topological polar surface area (TPSA) is 44.5 Å². The van der Waals surface area contributed by atoms with E-state index in [1.807, 2.05) is 12.1 Å². The molecule has 3 nitrogen and oxygen atoms in total. The van der Waals surface area contributed by atoms with Gasteiger partial charge in [-0.05, 0) is 32.8 Å². The monoisotopic (exact) mass is 235 g/mol. The smallest absolute Gasteiger partial charge is 0.164 e. The zero-order valence-electron chi connectivity index (χ0n) is 11.0. The highest BCUT2D eigenvalue weighted by Crippen LogP contribution is 2.58. The molecule has 0 aromatic heterocycles. The molecule has 1 aliphatic carbocycles. The van der Waals surface area contributed by atoms with Crippen molar-refractivity contribution < 1.29 is 9.47 Å². The van der Waals surface area contributed by atoms with Crippen LogP contribution in [-0.2, 0) is 5.41 Å². The van der Waals surface area contributed by atoms with Crippen molar-refractivity contribution in [3.05, 3.63) is 23.8 Å². The molecule has 1 aromatic rings. The third-order valence-corrected chi connectivity index (χ3v) is 3.90. The van der Waals surface area contributed by atoms with Gasteiger partial charge in [-0.2, -0.15) is 0 Å². The summed E-state index contributed by atoms with van der Waals surface area (Å²) in [6.07, 6.45) is 2.22. The fourth-order valence-electron chi connectivity index (χ4n) is 2.65. The van der Waals surface area contributed by atoms with Crippen LogP contribution in [0.3, 0.4) is 0 Å². The lowest BCUT2D eigenvalue weighted by atomic mass is 9.78. The van der Waals surface area contributed by atoms with E-state index < -0.39 is 0 Å². The lowest BCUT2D eigenvalue weighted by Crippen LogP contribution is -2.45. The quantitative estimate of drug-likeness (QED) is 0.872. The number of hydrogen-bond acceptors (Lipinski definition) is 3. The van der Waals surface area contributed by atoms with E-state index in [-0.39, 0.29) is 11.0 Å². The molecule has 0 amide bonds. The maximum atomic E-state index is 6.33. The molecule has 0 aliphatic heterocycles. The first-order valence-electron chi connectivity index (χ1n) is 5.96. The van der Waals surface area contributed by atoms with E-state index in [4.69, 9.17) is 15.2 Å². The average Bonchev–Trinajstić information content (AvgIpc) is 3.08. The van der Waals surface area contributed by atoms with Gasteiger partial charge in [0.1, 0.15) is 0 Å². The number of hydrogen-bond donors (Lipinski definition) is 1. The van der Waals surface area contributed by atoms with Crippen molar-refractivity contribution in [1.82, 2.24) is 0 Å². The van der Waals surface area contributed by atoms with Crippen molar-refractivity contribution in [1.29, 1.82) is 0 Å². The Morgan fingerprint density at radius 3 is 2.24 bits per heavy atom. The van der Waals surface area contributed by atoms with Crippen LogP contribution in [0.4, 0.5) is 0 Å². The van der Waals surface area contributed by atoms with Crippen molar-refractivity contribution in [2.24, 2.45) is 5.73 Å². The molecule has 0 saturated heterocycles. The minimum atomic E-state index is -0.243. The second kappa shape index (κ2) is 3.91. The first kappa shape index (κ1) is 12.2. The second-order valence-corrected chi connectivity index (χ2v) is 5.34. The lowest BCUT2D eigenvalue weighted by Gasteiger charge is -2.32. The van der Waals surface area contributed by atoms with E-state index in [1.54, 1.807) is 14.2 Å². The third kappa shape index (κ3) is 1.78. The Balaban J connectivity index is 2.53. The Bertz CT molecular complexity index is 417.